The molecule has 4 heteroatoms. The fraction of sp³-hybridized carbons (Fsp3) is 0.538. The Morgan fingerprint density at radius 1 is 1.29 bits per heavy atom. The van der Waals surface area contributed by atoms with Crippen LogP contribution in [0.5, 0.6) is 5.75 Å². The zero-order valence-electron chi connectivity index (χ0n) is 10.1. The molecule has 1 heterocycles. The topological polar surface area (TPSA) is 33.3 Å². The van der Waals surface area contributed by atoms with Crippen LogP contribution in [0.4, 0.5) is 5.69 Å². The maximum Gasteiger partial charge on any atom is 0.122 e. The Morgan fingerprint density at radius 2 is 2.18 bits per heavy atom. The van der Waals surface area contributed by atoms with Gasteiger partial charge in [0.05, 0.1) is 7.11 Å². The Morgan fingerprint density at radius 3 is 3.00 bits per heavy atom. The van der Waals surface area contributed by atoms with E-state index in [1.54, 1.807) is 7.11 Å². The summed E-state index contributed by atoms with van der Waals surface area (Å²) >= 11 is 3.50. The van der Waals surface area contributed by atoms with Gasteiger partial charge >= 0.3 is 0 Å². The Kier molecular flexibility index (Phi) is 4.68. The van der Waals surface area contributed by atoms with E-state index in [1.807, 2.05) is 12.1 Å². The molecule has 0 amide bonds. The van der Waals surface area contributed by atoms with Gasteiger partial charge in [0, 0.05) is 22.3 Å². The van der Waals surface area contributed by atoms with Crippen LogP contribution in [0.2, 0.25) is 0 Å². The van der Waals surface area contributed by atoms with Crippen molar-refractivity contribution in [1.82, 2.24) is 5.32 Å². The number of nitrogens with one attached hydrogen (secondary N) is 2. The smallest absolute Gasteiger partial charge is 0.122 e. The Bertz CT molecular complexity index is 362. The highest BCUT2D eigenvalue weighted by Gasteiger charge is 2.12. The summed E-state index contributed by atoms with van der Waals surface area (Å²) < 4.78 is 6.31. The predicted octanol–water partition coefficient (Wildman–Crippen LogP) is 3.01. The highest BCUT2D eigenvalue weighted by Crippen LogP contribution is 2.25. The molecule has 0 aliphatic carbocycles. The number of hydrogen-bond acceptors (Lipinski definition) is 3. The number of hydrogen-bond donors (Lipinski definition) is 2. The third-order valence-electron chi connectivity index (χ3n) is 3.05. The molecule has 17 heavy (non-hydrogen) atoms. The van der Waals surface area contributed by atoms with Crippen molar-refractivity contribution < 1.29 is 4.74 Å². The zero-order valence-corrected chi connectivity index (χ0v) is 11.7. The largest absolute Gasteiger partial charge is 0.497 e. The van der Waals surface area contributed by atoms with E-state index in [9.17, 15) is 0 Å². The Balaban J connectivity index is 2.03. The van der Waals surface area contributed by atoms with E-state index in [1.165, 1.54) is 19.3 Å². The van der Waals surface area contributed by atoms with Gasteiger partial charge in [0.15, 0.2) is 0 Å². The molecule has 1 fully saturated rings. The number of halogens is 1. The summed E-state index contributed by atoms with van der Waals surface area (Å²) in [6.45, 7) is 2.24. The van der Waals surface area contributed by atoms with Gasteiger partial charge in [-0.25, -0.2) is 0 Å². The van der Waals surface area contributed by atoms with Crippen molar-refractivity contribution >= 4 is 21.6 Å². The maximum atomic E-state index is 5.27. The average molecular weight is 299 g/mol. The standard InChI is InChI=1S/C13H19BrN2O/c1-17-13-8-10(14)7-12(9-13)16-11-3-2-5-15-6-4-11/h7-9,11,15-16H,2-6H2,1H3. The van der Waals surface area contributed by atoms with Crippen LogP contribution in [0.1, 0.15) is 19.3 Å². The van der Waals surface area contributed by atoms with Crippen LogP contribution in [0.25, 0.3) is 0 Å². The third-order valence-corrected chi connectivity index (χ3v) is 3.51. The minimum atomic E-state index is 0.559. The lowest BCUT2D eigenvalue weighted by molar-refractivity contribution is 0.414. The molecule has 1 saturated heterocycles. The molecule has 2 rings (SSSR count). The molecule has 1 aromatic rings. The molecular formula is C13H19BrN2O. The minimum Gasteiger partial charge on any atom is -0.497 e. The second-order valence-electron chi connectivity index (χ2n) is 4.40. The molecule has 0 saturated carbocycles. The lowest BCUT2D eigenvalue weighted by atomic mass is 10.1. The van der Waals surface area contributed by atoms with E-state index >= 15 is 0 Å². The second kappa shape index (κ2) is 6.26. The van der Waals surface area contributed by atoms with E-state index in [0.717, 1.165) is 29.0 Å². The molecule has 2 N–H and O–H groups in total. The van der Waals surface area contributed by atoms with Gasteiger partial charge in [0.25, 0.3) is 0 Å². The first-order chi connectivity index (χ1) is 8.28. The first kappa shape index (κ1) is 12.7. The molecule has 1 aromatic carbocycles. The fourth-order valence-electron chi connectivity index (χ4n) is 2.16. The number of anilines is 1. The highest BCUT2D eigenvalue weighted by molar-refractivity contribution is 9.10. The monoisotopic (exact) mass is 298 g/mol. The summed E-state index contributed by atoms with van der Waals surface area (Å²) in [7, 11) is 1.70. The van der Waals surface area contributed by atoms with Gasteiger partial charge in [-0.1, -0.05) is 15.9 Å². The predicted molar refractivity (Wildman–Crippen MR) is 74.8 cm³/mol. The van der Waals surface area contributed by atoms with Crippen LogP contribution >= 0.6 is 15.9 Å². The van der Waals surface area contributed by atoms with Gasteiger partial charge in [-0.2, -0.15) is 0 Å². The van der Waals surface area contributed by atoms with E-state index in [0.29, 0.717) is 6.04 Å². The SMILES string of the molecule is COc1cc(Br)cc(NC2CCCNCC2)c1. The summed E-state index contributed by atoms with van der Waals surface area (Å²) in [6, 6.07) is 6.67. The van der Waals surface area contributed by atoms with Crippen LogP contribution in [-0.4, -0.2) is 26.2 Å². The van der Waals surface area contributed by atoms with Crippen molar-refractivity contribution in [1.29, 1.82) is 0 Å². The van der Waals surface area contributed by atoms with Crippen molar-refractivity contribution in [3.63, 3.8) is 0 Å². The zero-order chi connectivity index (χ0) is 12.1. The van der Waals surface area contributed by atoms with Crippen LogP contribution < -0.4 is 15.4 Å². The number of ether oxygens (including phenoxy) is 1. The van der Waals surface area contributed by atoms with Crippen LogP contribution in [-0.2, 0) is 0 Å². The van der Waals surface area contributed by atoms with Gasteiger partial charge in [-0.05, 0) is 44.5 Å². The maximum absolute atomic E-state index is 5.27. The van der Waals surface area contributed by atoms with E-state index < -0.39 is 0 Å². The number of benzene rings is 1. The molecular weight excluding hydrogens is 280 g/mol. The summed E-state index contributed by atoms with van der Waals surface area (Å²) in [5, 5.41) is 7.01. The summed E-state index contributed by atoms with van der Waals surface area (Å²) in [5.41, 5.74) is 1.13. The average Bonchev–Trinajstić information content (AvgIpc) is 2.57. The van der Waals surface area contributed by atoms with Gasteiger partial charge in [-0.3, -0.25) is 0 Å². The molecule has 3 nitrogen and oxygen atoms in total. The third kappa shape index (κ3) is 3.89. The lowest BCUT2D eigenvalue weighted by Gasteiger charge is -2.18. The molecule has 1 aliphatic heterocycles. The molecule has 0 aromatic heterocycles. The Hall–Kier alpha value is -0.740. The summed E-state index contributed by atoms with van der Waals surface area (Å²) in [6.07, 6.45) is 3.64. The molecule has 0 spiro atoms. The highest BCUT2D eigenvalue weighted by atomic mass is 79.9. The van der Waals surface area contributed by atoms with E-state index in [4.69, 9.17) is 4.74 Å². The van der Waals surface area contributed by atoms with Crippen LogP contribution in [0, 0.1) is 0 Å². The van der Waals surface area contributed by atoms with Gasteiger partial charge in [0.1, 0.15) is 5.75 Å². The minimum absolute atomic E-state index is 0.559. The van der Waals surface area contributed by atoms with Crippen molar-refractivity contribution in [3.8, 4) is 5.75 Å². The van der Waals surface area contributed by atoms with E-state index in [2.05, 4.69) is 32.6 Å². The quantitative estimate of drug-likeness (QED) is 0.900. The number of rotatable bonds is 3. The van der Waals surface area contributed by atoms with Crippen molar-refractivity contribution in [2.75, 3.05) is 25.5 Å². The molecule has 94 valence electrons. The summed E-state index contributed by atoms with van der Waals surface area (Å²) in [5.74, 6) is 0.883. The Labute approximate surface area is 111 Å². The first-order valence-corrected chi connectivity index (χ1v) is 6.89. The lowest BCUT2D eigenvalue weighted by Crippen LogP contribution is -2.21. The second-order valence-corrected chi connectivity index (χ2v) is 5.32. The van der Waals surface area contributed by atoms with Crippen LogP contribution in [0.15, 0.2) is 22.7 Å². The van der Waals surface area contributed by atoms with Gasteiger partial charge in [0.2, 0.25) is 0 Å². The van der Waals surface area contributed by atoms with Crippen molar-refractivity contribution in [3.05, 3.63) is 22.7 Å². The van der Waals surface area contributed by atoms with Gasteiger partial charge in [-0.15, -0.1) is 0 Å². The molecule has 0 bridgehead atoms. The molecule has 1 aliphatic rings. The summed E-state index contributed by atoms with van der Waals surface area (Å²) in [4.78, 5) is 0. The van der Waals surface area contributed by atoms with Gasteiger partial charge < -0.3 is 15.4 Å². The number of methoxy groups -OCH3 is 1. The van der Waals surface area contributed by atoms with Crippen molar-refractivity contribution in [2.24, 2.45) is 0 Å². The van der Waals surface area contributed by atoms with Crippen molar-refractivity contribution in [2.45, 2.75) is 25.3 Å². The molecule has 1 atom stereocenters. The fourth-order valence-corrected chi connectivity index (χ4v) is 2.64. The van der Waals surface area contributed by atoms with Crippen LogP contribution in [0.3, 0.4) is 0 Å². The normalized spacial score (nSPS) is 20.7. The first-order valence-electron chi connectivity index (χ1n) is 6.10. The molecule has 0 radical (unpaired) electrons. The molecule has 1 unspecified atom stereocenters. The van der Waals surface area contributed by atoms with E-state index in [-0.39, 0.29) is 0 Å².